The van der Waals surface area contributed by atoms with Crippen molar-refractivity contribution in [2.24, 2.45) is 23.5 Å². The summed E-state index contributed by atoms with van der Waals surface area (Å²) in [7, 11) is 1.46. The third-order valence-electron chi connectivity index (χ3n) is 9.96. The summed E-state index contributed by atoms with van der Waals surface area (Å²) >= 11 is 0. The van der Waals surface area contributed by atoms with E-state index >= 15 is 0 Å². The van der Waals surface area contributed by atoms with Crippen LogP contribution in [0, 0.1) is 23.6 Å². The summed E-state index contributed by atoms with van der Waals surface area (Å²) in [5.74, 6) is -0.239. The molecule has 2 spiro atoms. The minimum Gasteiger partial charge on any atom is -0.481 e. The standard InChI is InChI=1S/C27H34FN7O4/c1-38-23-6-17(19(28)10-31-23)20-7-21(33-32-20)25(37)35-5-3-15(24(29)36)8-26(35)9-18(26)16-2-4-34(11-16)22-12-39-27(22)13-30-14-27/h6-7,10,15-16,18,22,30H,2-5,8-9,11-14H2,1H3,(H2,29,36)(H,32,33)/t15?,16-,18?,22+,26?/m0/s1. The molecule has 12 heteroatoms. The maximum absolute atomic E-state index is 14.5. The fourth-order valence-corrected chi connectivity index (χ4v) is 7.58. The molecule has 4 saturated heterocycles. The number of halogens is 1. The third kappa shape index (κ3) is 3.86. The Morgan fingerprint density at radius 1 is 1.23 bits per heavy atom. The van der Waals surface area contributed by atoms with E-state index in [2.05, 4.69) is 25.4 Å². The van der Waals surface area contributed by atoms with Gasteiger partial charge in [0.25, 0.3) is 5.91 Å². The number of likely N-dealkylation sites (tertiary alicyclic amines) is 2. The number of primary amides is 1. The number of piperidine rings is 1. The largest absolute Gasteiger partial charge is 0.481 e. The first-order chi connectivity index (χ1) is 18.8. The number of hydrogen-bond donors (Lipinski definition) is 3. The molecular formula is C27H34FN7O4. The molecule has 2 aromatic rings. The van der Waals surface area contributed by atoms with E-state index in [9.17, 15) is 14.0 Å². The number of H-pyrrole nitrogens is 1. The van der Waals surface area contributed by atoms with Crippen LogP contribution in [0.25, 0.3) is 11.3 Å². The first kappa shape index (κ1) is 24.9. The fourth-order valence-electron chi connectivity index (χ4n) is 7.58. The second-order valence-corrected chi connectivity index (χ2v) is 11.9. The van der Waals surface area contributed by atoms with Crippen molar-refractivity contribution in [3.63, 3.8) is 0 Å². The maximum Gasteiger partial charge on any atom is 0.272 e. The predicted molar refractivity (Wildman–Crippen MR) is 137 cm³/mol. The van der Waals surface area contributed by atoms with Crippen molar-refractivity contribution in [3.8, 4) is 17.1 Å². The number of hydrogen-bond acceptors (Lipinski definition) is 8. The summed E-state index contributed by atoms with van der Waals surface area (Å²) in [6, 6.07) is 3.49. The SMILES string of the molecule is COc1cc(-c2cc(C(=O)N3CCC(C(N)=O)CC34CC4[C@H]3CCN([C@@H]4COC45CNC5)C3)[nH]n2)c(F)cn1. The molecule has 2 aromatic heterocycles. The lowest BCUT2D eigenvalue weighted by molar-refractivity contribution is -0.232. The molecule has 4 aliphatic heterocycles. The van der Waals surface area contributed by atoms with Gasteiger partial charge in [0.2, 0.25) is 11.8 Å². The lowest BCUT2D eigenvalue weighted by Crippen LogP contribution is -2.78. The van der Waals surface area contributed by atoms with E-state index in [4.69, 9.17) is 15.2 Å². The maximum atomic E-state index is 14.5. The van der Waals surface area contributed by atoms with E-state index in [-0.39, 0.29) is 34.8 Å². The third-order valence-corrected chi connectivity index (χ3v) is 9.96. The van der Waals surface area contributed by atoms with Crippen LogP contribution >= 0.6 is 0 Å². The quantitative estimate of drug-likeness (QED) is 0.490. The number of amides is 2. The second kappa shape index (κ2) is 8.97. The predicted octanol–water partition coefficient (Wildman–Crippen LogP) is 0.778. The molecule has 1 saturated carbocycles. The highest BCUT2D eigenvalue weighted by Crippen LogP contribution is 2.60. The highest BCUT2D eigenvalue weighted by molar-refractivity contribution is 5.94. The number of pyridine rings is 1. The van der Waals surface area contributed by atoms with Crippen molar-refractivity contribution in [1.82, 2.24) is 30.3 Å². The molecule has 6 heterocycles. The van der Waals surface area contributed by atoms with Crippen molar-refractivity contribution in [2.75, 3.05) is 46.4 Å². The van der Waals surface area contributed by atoms with Crippen molar-refractivity contribution in [2.45, 2.75) is 42.9 Å². The Labute approximate surface area is 225 Å². The van der Waals surface area contributed by atoms with Crippen LogP contribution in [-0.2, 0) is 9.53 Å². The van der Waals surface area contributed by atoms with Gasteiger partial charge in [-0.25, -0.2) is 9.37 Å². The molecule has 11 nitrogen and oxygen atoms in total. The van der Waals surface area contributed by atoms with Gasteiger partial charge in [-0.2, -0.15) is 5.10 Å². The van der Waals surface area contributed by atoms with Crippen molar-refractivity contribution >= 4 is 11.8 Å². The lowest BCUT2D eigenvalue weighted by atomic mass is 9.82. The summed E-state index contributed by atoms with van der Waals surface area (Å²) in [6.07, 6.45) is 4.15. The Morgan fingerprint density at radius 2 is 2.08 bits per heavy atom. The Bertz CT molecular complexity index is 1310. The second-order valence-electron chi connectivity index (χ2n) is 11.9. The summed E-state index contributed by atoms with van der Waals surface area (Å²) in [6.45, 7) is 5.09. The van der Waals surface area contributed by atoms with Gasteiger partial charge in [0.15, 0.2) is 5.82 Å². The highest BCUT2D eigenvalue weighted by Gasteiger charge is 2.66. The van der Waals surface area contributed by atoms with Crippen molar-refractivity contribution < 1.29 is 23.5 Å². The van der Waals surface area contributed by atoms with E-state index in [0.717, 1.165) is 51.8 Å². The minimum atomic E-state index is -0.551. The van der Waals surface area contributed by atoms with Gasteiger partial charge in [-0.3, -0.25) is 19.6 Å². The van der Waals surface area contributed by atoms with Gasteiger partial charge < -0.3 is 25.4 Å². The average Bonchev–Trinajstić information content (AvgIpc) is 3.23. The Balaban J connectivity index is 1.11. The number of nitrogens with two attached hydrogens (primary N) is 1. The molecular weight excluding hydrogens is 505 g/mol. The molecule has 0 aromatic carbocycles. The Hall–Kier alpha value is -3.09. The number of aromatic nitrogens is 3. The molecule has 39 heavy (non-hydrogen) atoms. The van der Waals surface area contributed by atoms with Gasteiger partial charge in [0.1, 0.15) is 11.3 Å². The zero-order valence-corrected chi connectivity index (χ0v) is 22.0. The van der Waals surface area contributed by atoms with E-state index in [0.29, 0.717) is 48.7 Å². The van der Waals surface area contributed by atoms with Gasteiger partial charge >= 0.3 is 0 Å². The van der Waals surface area contributed by atoms with E-state index < -0.39 is 11.4 Å². The van der Waals surface area contributed by atoms with Crippen LogP contribution in [0.2, 0.25) is 0 Å². The number of carbonyl (C=O) groups excluding carboxylic acids is 2. The summed E-state index contributed by atoms with van der Waals surface area (Å²) < 4.78 is 25.6. The van der Waals surface area contributed by atoms with Gasteiger partial charge in [-0.1, -0.05) is 0 Å². The number of carbonyl (C=O) groups is 2. The Kier molecular flexibility index (Phi) is 5.73. The van der Waals surface area contributed by atoms with Crippen LogP contribution in [0.3, 0.4) is 0 Å². The molecule has 0 bridgehead atoms. The van der Waals surface area contributed by atoms with E-state index in [1.807, 2.05) is 4.90 Å². The molecule has 4 N–H and O–H groups in total. The van der Waals surface area contributed by atoms with Gasteiger partial charge in [-0.05, 0) is 50.1 Å². The number of ether oxygens (including phenoxy) is 2. The van der Waals surface area contributed by atoms with Crippen LogP contribution in [0.5, 0.6) is 5.88 Å². The van der Waals surface area contributed by atoms with Gasteiger partial charge in [0, 0.05) is 49.3 Å². The minimum absolute atomic E-state index is 0.0172. The Morgan fingerprint density at radius 3 is 2.77 bits per heavy atom. The zero-order valence-electron chi connectivity index (χ0n) is 22.0. The van der Waals surface area contributed by atoms with Crippen LogP contribution in [0.1, 0.15) is 36.2 Å². The number of aromatic amines is 1. The zero-order chi connectivity index (χ0) is 26.9. The molecule has 5 fully saturated rings. The summed E-state index contributed by atoms with van der Waals surface area (Å²) in [5, 5.41) is 10.4. The first-order valence-electron chi connectivity index (χ1n) is 13.8. The van der Waals surface area contributed by atoms with Gasteiger partial charge in [0.05, 0.1) is 31.6 Å². The van der Waals surface area contributed by atoms with Crippen LogP contribution in [0.4, 0.5) is 4.39 Å². The topological polar surface area (TPSA) is 139 Å². The molecule has 1 aliphatic carbocycles. The molecule has 208 valence electrons. The van der Waals surface area contributed by atoms with E-state index in [1.54, 1.807) is 6.07 Å². The molecule has 5 aliphatic rings. The summed E-state index contributed by atoms with van der Waals surface area (Å²) in [5.41, 5.74) is 6.15. The molecule has 2 amide bonds. The first-order valence-corrected chi connectivity index (χ1v) is 13.8. The number of rotatable bonds is 6. The number of nitrogens with one attached hydrogen (secondary N) is 2. The van der Waals surface area contributed by atoms with E-state index in [1.165, 1.54) is 13.2 Å². The lowest BCUT2D eigenvalue weighted by Gasteiger charge is -2.58. The van der Waals surface area contributed by atoms with Crippen LogP contribution < -0.4 is 15.8 Å². The molecule has 0 radical (unpaired) electrons. The summed E-state index contributed by atoms with van der Waals surface area (Å²) in [4.78, 5) is 34.5. The van der Waals surface area contributed by atoms with Crippen molar-refractivity contribution in [3.05, 3.63) is 29.8 Å². The number of nitrogens with zero attached hydrogens (tertiary/aromatic N) is 4. The van der Waals surface area contributed by atoms with Crippen LogP contribution in [-0.4, -0.2) is 100 Å². The molecule has 5 atom stereocenters. The average molecular weight is 540 g/mol. The highest BCUT2D eigenvalue weighted by atomic mass is 19.1. The normalized spacial score (nSPS) is 33.1. The number of methoxy groups -OCH3 is 1. The molecule has 7 rings (SSSR count). The monoisotopic (exact) mass is 539 g/mol. The van der Waals surface area contributed by atoms with Crippen molar-refractivity contribution in [1.29, 1.82) is 0 Å². The fraction of sp³-hybridized carbons (Fsp3) is 0.630. The van der Waals surface area contributed by atoms with Crippen LogP contribution in [0.15, 0.2) is 18.3 Å². The smallest absolute Gasteiger partial charge is 0.272 e. The molecule has 3 unspecified atom stereocenters. The van der Waals surface area contributed by atoms with Gasteiger partial charge in [-0.15, -0.1) is 0 Å².